The monoisotopic (exact) mass is 352 g/mol. The summed E-state index contributed by atoms with van der Waals surface area (Å²) in [7, 11) is 1.55. The molecule has 0 saturated carbocycles. The number of benzene rings is 1. The Morgan fingerprint density at radius 1 is 1.12 bits per heavy atom. The van der Waals surface area contributed by atoms with Gasteiger partial charge in [0.05, 0.1) is 0 Å². The van der Waals surface area contributed by atoms with E-state index in [-0.39, 0.29) is 23.6 Å². The molecule has 1 aliphatic rings. The van der Waals surface area contributed by atoms with E-state index < -0.39 is 0 Å². The van der Waals surface area contributed by atoms with E-state index in [0.29, 0.717) is 11.3 Å². The molecule has 0 unspecified atom stereocenters. The van der Waals surface area contributed by atoms with E-state index in [1.165, 1.54) is 18.4 Å². The molecule has 5 nitrogen and oxygen atoms in total. The third-order valence-corrected chi connectivity index (χ3v) is 4.70. The molecule has 5 heteroatoms. The van der Waals surface area contributed by atoms with E-state index in [1.807, 2.05) is 19.1 Å². The minimum absolute atomic E-state index is 0.0370. The van der Waals surface area contributed by atoms with Crippen LogP contribution in [0.2, 0.25) is 0 Å². The molecule has 2 N–H and O–H groups in total. The first-order valence-corrected chi connectivity index (χ1v) is 9.00. The van der Waals surface area contributed by atoms with Gasteiger partial charge in [-0.2, -0.15) is 0 Å². The van der Waals surface area contributed by atoms with Crippen LogP contribution < -0.4 is 10.6 Å². The molecule has 26 heavy (non-hydrogen) atoms. The van der Waals surface area contributed by atoms with Crippen LogP contribution in [-0.2, 0) is 0 Å². The number of carbonyl (C=O) groups is 2. The van der Waals surface area contributed by atoms with Gasteiger partial charge in [-0.05, 0) is 56.9 Å². The van der Waals surface area contributed by atoms with Crippen molar-refractivity contribution in [3.63, 3.8) is 0 Å². The molecular weight excluding hydrogens is 328 g/mol. The van der Waals surface area contributed by atoms with Crippen LogP contribution in [0.3, 0.4) is 0 Å². The van der Waals surface area contributed by atoms with Crippen LogP contribution in [0.5, 0.6) is 0 Å². The molecule has 1 aromatic carbocycles. The van der Waals surface area contributed by atoms with Crippen LogP contribution in [0.4, 0.5) is 0 Å². The van der Waals surface area contributed by atoms with Crippen molar-refractivity contribution in [3.8, 4) is 11.3 Å². The van der Waals surface area contributed by atoms with Gasteiger partial charge in [0.15, 0.2) is 5.76 Å². The Kier molecular flexibility index (Phi) is 5.56. The van der Waals surface area contributed by atoms with Gasteiger partial charge >= 0.3 is 0 Å². The Hall–Kier alpha value is -2.82. The van der Waals surface area contributed by atoms with Crippen LogP contribution in [0.1, 0.15) is 53.5 Å². The Balaban J connectivity index is 1.74. The van der Waals surface area contributed by atoms with E-state index in [1.54, 1.807) is 31.3 Å². The molecule has 0 saturated heterocycles. The topological polar surface area (TPSA) is 71.3 Å². The average Bonchev–Trinajstić information content (AvgIpc) is 3.18. The number of hydrogen-bond acceptors (Lipinski definition) is 3. The molecule has 2 amide bonds. The third kappa shape index (κ3) is 4.04. The molecule has 0 spiro atoms. The lowest BCUT2D eigenvalue weighted by Crippen LogP contribution is -2.34. The SMILES string of the molecule is CNC(=O)c1ccc(-c2cccc(C(=O)N[C@H](C)C3=CCCCC3)c2)o1. The van der Waals surface area contributed by atoms with Gasteiger partial charge in [0.2, 0.25) is 0 Å². The van der Waals surface area contributed by atoms with E-state index in [9.17, 15) is 9.59 Å². The van der Waals surface area contributed by atoms with Gasteiger partial charge in [-0.3, -0.25) is 9.59 Å². The Bertz CT molecular complexity index is 835. The fraction of sp³-hybridized carbons (Fsp3) is 0.333. The maximum Gasteiger partial charge on any atom is 0.286 e. The summed E-state index contributed by atoms with van der Waals surface area (Å²) in [5, 5.41) is 5.60. The largest absolute Gasteiger partial charge is 0.451 e. The van der Waals surface area contributed by atoms with Gasteiger partial charge in [-0.15, -0.1) is 0 Å². The normalized spacial score (nSPS) is 15.1. The molecule has 0 fully saturated rings. The first-order valence-electron chi connectivity index (χ1n) is 9.00. The molecule has 1 aliphatic carbocycles. The van der Waals surface area contributed by atoms with Gasteiger partial charge < -0.3 is 15.1 Å². The van der Waals surface area contributed by atoms with E-state index in [4.69, 9.17) is 4.42 Å². The minimum atomic E-state index is -0.278. The van der Waals surface area contributed by atoms with Crippen LogP contribution in [-0.4, -0.2) is 24.9 Å². The fourth-order valence-corrected chi connectivity index (χ4v) is 3.18. The van der Waals surface area contributed by atoms with E-state index in [0.717, 1.165) is 18.4 Å². The second kappa shape index (κ2) is 8.04. The maximum atomic E-state index is 12.6. The highest BCUT2D eigenvalue weighted by Crippen LogP contribution is 2.24. The molecule has 3 rings (SSSR count). The molecule has 136 valence electrons. The highest BCUT2D eigenvalue weighted by molar-refractivity contribution is 5.96. The molecule has 2 aromatic rings. The Labute approximate surface area is 153 Å². The van der Waals surface area contributed by atoms with E-state index >= 15 is 0 Å². The standard InChI is InChI=1S/C21H24N2O3/c1-14(15-7-4-3-5-8-15)23-20(24)17-10-6-9-16(13-17)18-11-12-19(26-18)21(25)22-2/h6-7,9-14H,3-5,8H2,1-2H3,(H,22,25)(H,23,24)/t14-/m1/s1. The predicted molar refractivity (Wildman–Crippen MR) is 101 cm³/mol. The van der Waals surface area contributed by atoms with Crippen LogP contribution in [0.15, 0.2) is 52.5 Å². The van der Waals surface area contributed by atoms with Crippen molar-refractivity contribution in [1.29, 1.82) is 0 Å². The second-order valence-electron chi connectivity index (χ2n) is 6.54. The third-order valence-electron chi connectivity index (χ3n) is 4.70. The van der Waals surface area contributed by atoms with E-state index in [2.05, 4.69) is 16.7 Å². The zero-order valence-electron chi connectivity index (χ0n) is 15.2. The maximum absolute atomic E-state index is 12.6. The summed E-state index contributed by atoms with van der Waals surface area (Å²) >= 11 is 0. The number of amides is 2. The first-order chi connectivity index (χ1) is 12.6. The zero-order valence-corrected chi connectivity index (χ0v) is 15.2. The zero-order chi connectivity index (χ0) is 18.5. The quantitative estimate of drug-likeness (QED) is 0.801. The number of allylic oxidation sites excluding steroid dienone is 1. The number of hydrogen-bond donors (Lipinski definition) is 2. The molecule has 1 atom stereocenters. The first kappa shape index (κ1) is 18.0. The van der Waals surface area contributed by atoms with Crippen molar-refractivity contribution < 1.29 is 14.0 Å². The number of rotatable bonds is 5. The number of nitrogens with one attached hydrogen (secondary N) is 2. The summed E-state index contributed by atoms with van der Waals surface area (Å²) in [6.45, 7) is 2.03. The average molecular weight is 352 g/mol. The van der Waals surface area contributed by atoms with Gasteiger partial charge in [0.25, 0.3) is 11.8 Å². The van der Waals surface area contributed by atoms with Crippen molar-refractivity contribution in [2.75, 3.05) is 7.05 Å². The predicted octanol–water partition coefficient (Wildman–Crippen LogP) is 3.92. The van der Waals surface area contributed by atoms with Crippen molar-refractivity contribution in [1.82, 2.24) is 10.6 Å². The van der Waals surface area contributed by atoms with Crippen molar-refractivity contribution in [2.45, 2.75) is 38.6 Å². The van der Waals surface area contributed by atoms with Crippen LogP contribution in [0, 0.1) is 0 Å². The summed E-state index contributed by atoms with van der Waals surface area (Å²) in [4.78, 5) is 24.2. The fourth-order valence-electron chi connectivity index (χ4n) is 3.18. The number of carbonyl (C=O) groups excluding carboxylic acids is 2. The van der Waals surface area contributed by atoms with Crippen LogP contribution in [0.25, 0.3) is 11.3 Å². The van der Waals surface area contributed by atoms with Crippen molar-refractivity contribution >= 4 is 11.8 Å². The molecule has 0 radical (unpaired) electrons. The Morgan fingerprint density at radius 2 is 1.96 bits per heavy atom. The van der Waals surface area contributed by atoms with Crippen molar-refractivity contribution in [2.24, 2.45) is 0 Å². The second-order valence-corrected chi connectivity index (χ2v) is 6.54. The molecule has 1 aromatic heterocycles. The molecule has 0 aliphatic heterocycles. The minimum Gasteiger partial charge on any atom is -0.451 e. The lowest BCUT2D eigenvalue weighted by molar-refractivity contribution is 0.0931. The number of furan rings is 1. The lowest BCUT2D eigenvalue weighted by Gasteiger charge is -2.21. The summed E-state index contributed by atoms with van der Waals surface area (Å²) < 4.78 is 5.58. The molecule has 0 bridgehead atoms. The molecular formula is C21H24N2O3. The lowest BCUT2D eigenvalue weighted by atomic mass is 9.94. The van der Waals surface area contributed by atoms with Crippen molar-refractivity contribution in [3.05, 3.63) is 59.4 Å². The highest BCUT2D eigenvalue weighted by Gasteiger charge is 2.16. The smallest absolute Gasteiger partial charge is 0.286 e. The van der Waals surface area contributed by atoms with Gasteiger partial charge in [-0.25, -0.2) is 0 Å². The summed E-state index contributed by atoms with van der Waals surface area (Å²) in [6.07, 6.45) is 6.81. The van der Waals surface area contributed by atoms with Gasteiger partial charge in [-0.1, -0.05) is 23.8 Å². The van der Waals surface area contributed by atoms with Gasteiger partial charge in [0, 0.05) is 24.2 Å². The summed E-state index contributed by atoms with van der Waals surface area (Å²) in [5.74, 6) is 0.417. The van der Waals surface area contributed by atoms with Gasteiger partial charge in [0.1, 0.15) is 5.76 Å². The Morgan fingerprint density at radius 3 is 2.69 bits per heavy atom. The highest BCUT2D eigenvalue weighted by atomic mass is 16.3. The molecule has 1 heterocycles. The summed E-state index contributed by atoms with van der Waals surface area (Å²) in [6, 6.07) is 10.6. The van der Waals surface area contributed by atoms with Crippen LogP contribution >= 0.6 is 0 Å². The summed E-state index contributed by atoms with van der Waals surface area (Å²) in [5.41, 5.74) is 2.64.